The highest BCUT2D eigenvalue weighted by Gasteiger charge is 2.05. The maximum Gasteiger partial charge on any atom is 0.248 e. The lowest BCUT2D eigenvalue weighted by Gasteiger charge is -2.01. The third-order valence-electron chi connectivity index (χ3n) is 2.41. The summed E-state index contributed by atoms with van der Waals surface area (Å²) in [5.41, 5.74) is 7.83. The number of fused-ring (bicyclic) bond motifs is 3. The Morgan fingerprint density at radius 1 is 1.38 bits per heavy atom. The molecule has 0 spiro atoms. The predicted molar refractivity (Wildman–Crippen MR) is 56.8 cm³/mol. The monoisotopic (exact) mass is 213 g/mol. The smallest absolute Gasteiger partial charge is 0.248 e. The molecule has 0 saturated carbocycles. The molecule has 6 nitrogen and oxygen atoms in total. The number of nitrogens with two attached hydrogens (primary N) is 1. The molecule has 1 aromatic carbocycles. The van der Waals surface area contributed by atoms with Gasteiger partial charge in [0, 0.05) is 5.56 Å². The average molecular weight is 213 g/mol. The molecule has 0 aliphatic heterocycles. The number of carbonyl (C=O) groups excluding carboxylic acids is 1. The van der Waals surface area contributed by atoms with E-state index >= 15 is 0 Å². The summed E-state index contributed by atoms with van der Waals surface area (Å²) in [5, 5.41) is 7.68. The molecule has 2 heterocycles. The molecule has 0 fully saturated rings. The van der Waals surface area contributed by atoms with E-state index in [0.29, 0.717) is 16.7 Å². The Labute approximate surface area is 89.7 Å². The van der Waals surface area contributed by atoms with Crippen molar-refractivity contribution in [1.29, 1.82) is 0 Å². The van der Waals surface area contributed by atoms with Crippen LogP contribution >= 0.6 is 0 Å². The maximum atomic E-state index is 11.0. The molecule has 0 saturated heterocycles. The van der Waals surface area contributed by atoms with Crippen LogP contribution in [-0.4, -0.2) is 25.5 Å². The van der Waals surface area contributed by atoms with E-state index in [1.54, 1.807) is 35.1 Å². The highest BCUT2D eigenvalue weighted by atomic mass is 16.1. The van der Waals surface area contributed by atoms with Crippen LogP contribution in [0.2, 0.25) is 0 Å². The van der Waals surface area contributed by atoms with Crippen LogP contribution in [0.3, 0.4) is 0 Å². The molecule has 0 bridgehead atoms. The number of amides is 1. The molecule has 0 radical (unpaired) electrons. The van der Waals surface area contributed by atoms with E-state index in [1.807, 2.05) is 0 Å². The Hall–Kier alpha value is -2.50. The molecule has 2 N–H and O–H groups in total. The minimum absolute atomic E-state index is 0.437. The third-order valence-corrected chi connectivity index (χ3v) is 2.41. The van der Waals surface area contributed by atoms with Gasteiger partial charge >= 0.3 is 0 Å². The fourth-order valence-corrected chi connectivity index (χ4v) is 1.63. The van der Waals surface area contributed by atoms with E-state index in [0.717, 1.165) is 5.52 Å². The van der Waals surface area contributed by atoms with Gasteiger partial charge in [-0.25, -0.2) is 0 Å². The first-order valence-electron chi connectivity index (χ1n) is 4.64. The van der Waals surface area contributed by atoms with E-state index < -0.39 is 5.91 Å². The third kappa shape index (κ3) is 1.13. The van der Waals surface area contributed by atoms with Crippen LogP contribution in [0.15, 0.2) is 30.7 Å². The molecular formula is C10H7N5O. The first-order chi connectivity index (χ1) is 7.75. The van der Waals surface area contributed by atoms with E-state index in [4.69, 9.17) is 5.73 Å². The van der Waals surface area contributed by atoms with Gasteiger partial charge in [0.1, 0.15) is 6.33 Å². The SMILES string of the molecule is NC(=O)c1ccc2c(c1)ncc1nncn12. The number of primary amides is 1. The van der Waals surface area contributed by atoms with Crippen LogP contribution < -0.4 is 5.73 Å². The van der Waals surface area contributed by atoms with Gasteiger partial charge in [0.05, 0.1) is 17.2 Å². The van der Waals surface area contributed by atoms with Gasteiger partial charge in [0.15, 0.2) is 5.65 Å². The Balaban J connectivity index is 2.41. The van der Waals surface area contributed by atoms with Crippen molar-refractivity contribution < 1.29 is 4.79 Å². The number of carbonyl (C=O) groups is 1. The van der Waals surface area contributed by atoms with Crippen molar-refractivity contribution in [3.8, 4) is 0 Å². The van der Waals surface area contributed by atoms with Crippen molar-refractivity contribution in [2.24, 2.45) is 5.73 Å². The van der Waals surface area contributed by atoms with Crippen LogP contribution in [0, 0.1) is 0 Å². The Kier molecular flexibility index (Phi) is 1.64. The highest BCUT2D eigenvalue weighted by Crippen LogP contribution is 2.14. The van der Waals surface area contributed by atoms with Crippen LogP contribution in [0.5, 0.6) is 0 Å². The number of aromatic nitrogens is 4. The van der Waals surface area contributed by atoms with Crippen molar-refractivity contribution in [2.75, 3.05) is 0 Å². The van der Waals surface area contributed by atoms with Crippen molar-refractivity contribution in [2.45, 2.75) is 0 Å². The second-order valence-electron chi connectivity index (χ2n) is 3.39. The van der Waals surface area contributed by atoms with E-state index in [1.165, 1.54) is 0 Å². The zero-order valence-electron chi connectivity index (χ0n) is 8.16. The van der Waals surface area contributed by atoms with Crippen LogP contribution in [0.1, 0.15) is 10.4 Å². The van der Waals surface area contributed by atoms with Gasteiger partial charge < -0.3 is 5.73 Å². The summed E-state index contributed by atoms with van der Waals surface area (Å²) in [6.45, 7) is 0. The van der Waals surface area contributed by atoms with Gasteiger partial charge in [-0.3, -0.25) is 14.2 Å². The van der Waals surface area contributed by atoms with Gasteiger partial charge in [-0.05, 0) is 18.2 Å². The van der Waals surface area contributed by atoms with Crippen LogP contribution in [0.25, 0.3) is 16.7 Å². The molecule has 2 aromatic heterocycles. The molecule has 1 amide bonds. The highest BCUT2D eigenvalue weighted by molar-refractivity contribution is 5.96. The molecule has 16 heavy (non-hydrogen) atoms. The fraction of sp³-hybridized carbons (Fsp3) is 0. The fourth-order valence-electron chi connectivity index (χ4n) is 1.63. The molecular weight excluding hydrogens is 206 g/mol. The molecule has 0 atom stereocenters. The lowest BCUT2D eigenvalue weighted by molar-refractivity contribution is 0.100. The summed E-state index contributed by atoms with van der Waals surface area (Å²) < 4.78 is 1.80. The Morgan fingerprint density at radius 2 is 2.25 bits per heavy atom. The second kappa shape index (κ2) is 2.99. The van der Waals surface area contributed by atoms with Crippen molar-refractivity contribution in [3.63, 3.8) is 0 Å². The lowest BCUT2D eigenvalue weighted by Crippen LogP contribution is -2.10. The van der Waals surface area contributed by atoms with Crippen LogP contribution in [0.4, 0.5) is 0 Å². The summed E-state index contributed by atoms with van der Waals surface area (Å²) in [5.74, 6) is -0.465. The van der Waals surface area contributed by atoms with E-state index in [9.17, 15) is 4.79 Å². The summed E-state index contributed by atoms with van der Waals surface area (Å²) in [4.78, 5) is 15.2. The lowest BCUT2D eigenvalue weighted by atomic mass is 10.2. The van der Waals surface area contributed by atoms with Crippen molar-refractivity contribution >= 4 is 22.6 Å². The number of hydrogen-bond donors (Lipinski definition) is 1. The second-order valence-corrected chi connectivity index (χ2v) is 3.39. The topological polar surface area (TPSA) is 86.2 Å². The first kappa shape index (κ1) is 8.78. The Bertz CT molecular complexity index is 703. The molecule has 3 aromatic rings. The molecule has 0 aliphatic rings. The van der Waals surface area contributed by atoms with Crippen LogP contribution in [-0.2, 0) is 0 Å². The summed E-state index contributed by atoms with van der Waals surface area (Å²) in [7, 11) is 0. The molecule has 78 valence electrons. The summed E-state index contributed by atoms with van der Waals surface area (Å²) in [6, 6.07) is 5.08. The minimum atomic E-state index is -0.465. The normalized spacial score (nSPS) is 11.0. The molecule has 6 heteroatoms. The van der Waals surface area contributed by atoms with Crippen molar-refractivity contribution in [1.82, 2.24) is 19.6 Å². The quantitative estimate of drug-likeness (QED) is 0.633. The van der Waals surface area contributed by atoms with Gasteiger partial charge in [0.2, 0.25) is 5.91 Å². The maximum absolute atomic E-state index is 11.0. The average Bonchev–Trinajstić information content (AvgIpc) is 2.76. The number of nitrogens with zero attached hydrogens (tertiary/aromatic N) is 4. The first-order valence-corrected chi connectivity index (χ1v) is 4.64. The zero-order chi connectivity index (χ0) is 11.1. The predicted octanol–water partition coefficient (Wildman–Crippen LogP) is 0.376. The van der Waals surface area contributed by atoms with E-state index in [-0.39, 0.29) is 0 Å². The van der Waals surface area contributed by atoms with E-state index in [2.05, 4.69) is 15.2 Å². The molecule has 3 rings (SSSR count). The number of benzene rings is 1. The number of hydrogen-bond acceptors (Lipinski definition) is 4. The van der Waals surface area contributed by atoms with Crippen molar-refractivity contribution in [3.05, 3.63) is 36.3 Å². The van der Waals surface area contributed by atoms with Gasteiger partial charge in [-0.1, -0.05) is 0 Å². The van der Waals surface area contributed by atoms with Gasteiger partial charge in [0.25, 0.3) is 0 Å². The number of rotatable bonds is 1. The standard InChI is InChI=1S/C10H7N5O/c11-10(16)6-1-2-8-7(3-6)12-4-9-14-13-5-15(8)9/h1-5H,(H2,11,16). The zero-order valence-corrected chi connectivity index (χ0v) is 8.16. The Morgan fingerprint density at radius 3 is 3.06 bits per heavy atom. The molecule has 0 unspecified atom stereocenters. The summed E-state index contributed by atoms with van der Waals surface area (Å²) >= 11 is 0. The summed E-state index contributed by atoms with van der Waals surface area (Å²) in [6.07, 6.45) is 3.20. The van der Waals surface area contributed by atoms with Gasteiger partial charge in [-0.15, -0.1) is 10.2 Å². The van der Waals surface area contributed by atoms with Gasteiger partial charge in [-0.2, -0.15) is 0 Å². The molecule has 0 aliphatic carbocycles. The minimum Gasteiger partial charge on any atom is -0.366 e. The largest absolute Gasteiger partial charge is 0.366 e.